The number of benzene rings is 2. The molecule has 2 rings (SSSR count). The van der Waals surface area contributed by atoms with Gasteiger partial charge in [-0.15, -0.1) is 0 Å². The lowest BCUT2D eigenvalue weighted by Crippen LogP contribution is -2.19. The van der Waals surface area contributed by atoms with E-state index in [0.29, 0.717) is 22.9 Å². The average molecular weight is 309 g/mol. The number of aliphatic carboxylic acids is 1. The second kappa shape index (κ2) is 6.78. The minimum Gasteiger partial charge on any atom is -0.481 e. The van der Waals surface area contributed by atoms with Gasteiger partial charge in [-0.05, 0) is 36.1 Å². The SMILES string of the molecule is O=C(O)C(Cc1ccccc1)Cc1ccc(Cl)cc1Cl. The van der Waals surface area contributed by atoms with E-state index < -0.39 is 11.9 Å². The Kier molecular flexibility index (Phi) is 5.05. The van der Waals surface area contributed by atoms with Crippen molar-refractivity contribution < 1.29 is 9.90 Å². The Labute approximate surface area is 128 Å². The molecule has 1 N–H and O–H groups in total. The predicted molar refractivity (Wildman–Crippen MR) is 81.4 cm³/mol. The summed E-state index contributed by atoms with van der Waals surface area (Å²) in [4.78, 5) is 11.4. The van der Waals surface area contributed by atoms with E-state index in [0.717, 1.165) is 11.1 Å². The topological polar surface area (TPSA) is 37.3 Å². The molecule has 0 saturated heterocycles. The zero-order valence-corrected chi connectivity index (χ0v) is 12.2. The standard InChI is InChI=1S/C16H14Cl2O2/c17-14-7-6-12(15(18)10-14)9-13(16(19)20)8-11-4-2-1-3-5-11/h1-7,10,13H,8-9H2,(H,19,20). The maximum Gasteiger partial charge on any atom is 0.307 e. The van der Waals surface area contributed by atoms with Crippen LogP contribution < -0.4 is 0 Å². The first-order valence-corrected chi connectivity index (χ1v) is 7.02. The van der Waals surface area contributed by atoms with Crippen molar-refractivity contribution in [3.63, 3.8) is 0 Å². The normalized spacial score (nSPS) is 12.1. The maximum absolute atomic E-state index is 11.4. The molecule has 0 saturated carbocycles. The van der Waals surface area contributed by atoms with Crippen molar-refractivity contribution in [1.29, 1.82) is 0 Å². The summed E-state index contributed by atoms with van der Waals surface area (Å²) in [5, 5.41) is 10.4. The molecule has 4 heteroatoms. The first kappa shape index (κ1) is 14.9. The summed E-state index contributed by atoms with van der Waals surface area (Å²) < 4.78 is 0. The average Bonchev–Trinajstić information content (AvgIpc) is 2.42. The van der Waals surface area contributed by atoms with Crippen LogP contribution in [0.15, 0.2) is 48.5 Å². The van der Waals surface area contributed by atoms with E-state index in [9.17, 15) is 9.90 Å². The summed E-state index contributed by atoms with van der Waals surface area (Å²) in [6, 6.07) is 14.7. The molecule has 0 bridgehead atoms. The second-order valence-electron chi connectivity index (χ2n) is 4.66. The van der Waals surface area contributed by atoms with Crippen LogP contribution in [0.2, 0.25) is 10.0 Å². The van der Waals surface area contributed by atoms with Gasteiger partial charge in [-0.3, -0.25) is 4.79 Å². The fourth-order valence-electron chi connectivity index (χ4n) is 2.10. The molecular weight excluding hydrogens is 295 g/mol. The van der Waals surface area contributed by atoms with Crippen molar-refractivity contribution in [1.82, 2.24) is 0 Å². The van der Waals surface area contributed by atoms with Gasteiger partial charge in [0.05, 0.1) is 5.92 Å². The Morgan fingerprint density at radius 2 is 1.75 bits per heavy atom. The van der Waals surface area contributed by atoms with E-state index in [1.54, 1.807) is 18.2 Å². The number of rotatable bonds is 5. The Morgan fingerprint density at radius 3 is 2.35 bits per heavy atom. The van der Waals surface area contributed by atoms with E-state index in [1.165, 1.54) is 0 Å². The van der Waals surface area contributed by atoms with Gasteiger partial charge in [0.1, 0.15) is 0 Å². The van der Waals surface area contributed by atoms with Gasteiger partial charge in [0, 0.05) is 10.0 Å². The van der Waals surface area contributed by atoms with Gasteiger partial charge in [0.2, 0.25) is 0 Å². The van der Waals surface area contributed by atoms with Gasteiger partial charge >= 0.3 is 5.97 Å². The quantitative estimate of drug-likeness (QED) is 0.884. The van der Waals surface area contributed by atoms with E-state index in [-0.39, 0.29) is 0 Å². The lowest BCUT2D eigenvalue weighted by molar-refractivity contribution is -0.141. The largest absolute Gasteiger partial charge is 0.481 e. The molecule has 0 aliphatic heterocycles. The summed E-state index contributed by atoms with van der Waals surface area (Å²) >= 11 is 11.9. The van der Waals surface area contributed by atoms with Gasteiger partial charge < -0.3 is 5.11 Å². The van der Waals surface area contributed by atoms with Gasteiger partial charge in [-0.1, -0.05) is 59.6 Å². The van der Waals surface area contributed by atoms with Crippen LogP contribution in [0.3, 0.4) is 0 Å². The zero-order chi connectivity index (χ0) is 14.5. The fourth-order valence-corrected chi connectivity index (χ4v) is 2.58. The van der Waals surface area contributed by atoms with E-state index >= 15 is 0 Å². The fraction of sp³-hybridized carbons (Fsp3) is 0.188. The van der Waals surface area contributed by atoms with Crippen molar-refractivity contribution >= 4 is 29.2 Å². The maximum atomic E-state index is 11.4. The highest BCUT2D eigenvalue weighted by Gasteiger charge is 2.19. The predicted octanol–water partition coefficient (Wildman–Crippen LogP) is 4.48. The highest BCUT2D eigenvalue weighted by molar-refractivity contribution is 6.35. The molecule has 2 aromatic carbocycles. The van der Waals surface area contributed by atoms with E-state index in [2.05, 4.69) is 0 Å². The lowest BCUT2D eigenvalue weighted by atomic mass is 9.92. The summed E-state index contributed by atoms with van der Waals surface area (Å²) in [6.45, 7) is 0. The van der Waals surface area contributed by atoms with Crippen molar-refractivity contribution in [3.05, 3.63) is 69.7 Å². The first-order valence-electron chi connectivity index (χ1n) is 6.27. The zero-order valence-electron chi connectivity index (χ0n) is 10.7. The van der Waals surface area contributed by atoms with Gasteiger partial charge in [-0.25, -0.2) is 0 Å². The second-order valence-corrected chi connectivity index (χ2v) is 5.51. The lowest BCUT2D eigenvalue weighted by Gasteiger charge is -2.13. The Morgan fingerprint density at radius 1 is 1.05 bits per heavy atom. The van der Waals surface area contributed by atoms with Crippen molar-refractivity contribution in [2.24, 2.45) is 5.92 Å². The van der Waals surface area contributed by atoms with Crippen molar-refractivity contribution in [2.45, 2.75) is 12.8 Å². The number of hydrogen-bond donors (Lipinski definition) is 1. The van der Waals surface area contributed by atoms with E-state index in [1.807, 2.05) is 30.3 Å². The molecule has 2 aromatic rings. The molecule has 20 heavy (non-hydrogen) atoms. The Hall–Kier alpha value is -1.51. The molecular formula is C16H14Cl2O2. The first-order chi connectivity index (χ1) is 9.56. The molecule has 0 aliphatic carbocycles. The molecule has 0 radical (unpaired) electrons. The minimum absolute atomic E-state index is 0.389. The van der Waals surface area contributed by atoms with Crippen LogP contribution in [0, 0.1) is 5.92 Å². The third kappa shape index (κ3) is 3.99. The van der Waals surface area contributed by atoms with Crippen LogP contribution in [-0.4, -0.2) is 11.1 Å². The van der Waals surface area contributed by atoms with Gasteiger partial charge in [0.25, 0.3) is 0 Å². The molecule has 0 amide bonds. The molecule has 0 spiro atoms. The Bertz CT molecular complexity index is 597. The molecule has 0 fully saturated rings. The smallest absolute Gasteiger partial charge is 0.307 e. The van der Waals surface area contributed by atoms with Gasteiger partial charge in [0.15, 0.2) is 0 Å². The number of halogens is 2. The highest BCUT2D eigenvalue weighted by Crippen LogP contribution is 2.24. The van der Waals surface area contributed by atoms with Crippen LogP contribution in [0.25, 0.3) is 0 Å². The molecule has 104 valence electrons. The van der Waals surface area contributed by atoms with Crippen molar-refractivity contribution in [3.8, 4) is 0 Å². The number of carbonyl (C=O) groups is 1. The van der Waals surface area contributed by atoms with Crippen LogP contribution in [0.1, 0.15) is 11.1 Å². The molecule has 2 nitrogen and oxygen atoms in total. The summed E-state index contributed by atoms with van der Waals surface area (Å²) in [7, 11) is 0. The third-order valence-corrected chi connectivity index (χ3v) is 3.74. The third-order valence-electron chi connectivity index (χ3n) is 3.16. The minimum atomic E-state index is -0.820. The van der Waals surface area contributed by atoms with Crippen LogP contribution >= 0.6 is 23.2 Å². The van der Waals surface area contributed by atoms with Crippen LogP contribution in [0.5, 0.6) is 0 Å². The molecule has 0 aromatic heterocycles. The summed E-state index contributed by atoms with van der Waals surface area (Å²) in [6.07, 6.45) is 0.870. The van der Waals surface area contributed by atoms with E-state index in [4.69, 9.17) is 23.2 Å². The Balaban J connectivity index is 2.15. The molecule has 1 atom stereocenters. The number of carboxylic acid groups (broad SMARTS) is 1. The number of hydrogen-bond acceptors (Lipinski definition) is 1. The van der Waals surface area contributed by atoms with Crippen molar-refractivity contribution in [2.75, 3.05) is 0 Å². The summed E-state index contributed by atoms with van der Waals surface area (Å²) in [5.41, 5.74) is 1.81. The molecule has 0 heterocycles. The number of carboxylic acids is 1. The summed E-state index contributed by atoms with van der Waals surface area (Å²) in [5.74, 6) is -1.32. The van der Waals surface area contributed by atoms with Gasteiger partial charge in [-0.2, -0.15) is 0 Å². The molecule has 1 unspecified atom stereocenters. The van der Waals surface area contributed by atoms with Crippen LogP contribution in [-0.2, 0) is 17.6 Å². The highest BCUT2D eigenvalue weighted by atomic mass is 35.5. The van der Waals surface area contributed by atoms with Crippen LogP contribution in [0.4, 0.5) is 0 Å². The molecule has 0 aliphatic rings. The monoisotopic (exact) mass is 308 g/mol.